The lowest BCUT2D eigenvalue weighted by molar-refractivity contribution is -0.0992. The molecular formula is C13H17FN2O. The largest absolute Gasteiger partial charge is 0.286 e. The maximum Gasteiger partial charge on any atom is 0.156 e. The number of aliphatic imine (C=N–C) groups is 1. The Morgan fingerprint density at radius 3 is 2.06 bits per heavy atom. The van der Waals surface area contributed by atoms with E-state index in [0.717, 1.165) is 0 Å². The highest BCUT2D eigenvalue weighted by Crippen LogP contribution is 2.37. The van der Waals surface area contributed by atoms with Gasteiger partial charge < -0.3 is 0 Å². The molecule has 0 radical (unpaired) electrons. The summed E-state index contributed by atoms with van der Waals surface area (Å²) in [5, 5.41) is 11.4. The van der Waals surface area contributed by atoms with Crippen molar-refractivity contribution in [1.82, 2.24) is 5.06 Å². The molecule has 1 aliphatic heterocycles. The van der Waals surface area contributed by atoms with Gasteiger partial charge in [-0.25, -0.2) is 9.45 Å². The average molecular weight is 236 g/mol. The van der Waals surface area contributed by atoms with Crippen molar-refractivity contribution in [3.8, 4) is 0 Å². The first-order valence-corrected chi connectivity index (χ1v) is 5.60. The van der Waals surface area contributed by atoms with E-state index in [-0.39, 0.29) is 5.82 Å². The fourth-order valence-electron chi connectivity index (χ4n) is 1.76. The molecule has 0 unspecified atom stereocenters. The predicted octanol–water partition coefficient (Wildman–Crippen LogP) is 2.83. The van der Waals surface area contributed by atoms with Crippen molar-refractivity contribution < 1.29 is 9.60 Å². The Balaban J connectivity index is 2.45. The fraction of sp³-hybridized carbons (Fsp3) is 0.462. The predicted molar refractivity (Wildman–Crippen MR) is 64.7 cm³/mol. The van der Waals surface area contributed by atoms with Crippen LogP contribution >= 0.6 is 0 Å². The van der Waals surface area contributed by atoms with E-state index in [9.17, 15) is 9.60 Å². The molecule has 1 aromatic rings. The quantitative estimate of drug-likeness (QED) is 0.813. The summed E-state index contributed by atoms with van der Waals surface area (Å²) in [5.41, 5.74) is -0.171. The first-order chi connectivity index (χ1) is 7.75. The lowest BCUT2D eigenvalue weighted by atomic mass is 9.84. The lowest BCUT2D eigenvalue weighted by Gasteiger charge is -2.36. The molecule has 3 nitrogen and oxygen atoms in total. The topological polar surface area (TPSA) is 35.8 Å². The van der Waals surface area contributed by atoms with Crippen molar-refractivity contribution in [2.45, 2.75) is 38.8 Å². The van der Waals surface area contributed by atoms with Crippen molar-refractivity contribution in [2.24, 2.45) is 4.99 Å². The van der Waals surface area contributed by atoms with Crippen molar-refractivity contribution >= 4 is 5.84 Å². The van der Waals surface area contributed by atoms with Crippen LogP contribution < -0.4 is 0 Å². The van der Waals surface area contributed by atoms with Gasteiger partial charge in [0, 0.05) is 5.56 Å². The van der Waals surface area contributed by atoms with Crippen LogP contribution in [0.4, 0.5) is 4.39 Å². The molecule has 17 heavy (non-hydrogen) atoms. The number of amidine groups is 1. The lowest BCUT2D eigenvalue weighted by Crippen LogP contribution is -2.51. The summed E-state index contributed by atoms with van der Waals surface area (Å²) in [7, 11) is 0. The highest BCUT2D eigenvalue weighted by atomic mass is 19.1. The van der Waals surface area contributed by atoms with Crippen molar-refractivity contribution in [2.75, 3.05) is 0 Å². The number of halogens is 1. The molecule has 1 heterocycles. The Morgan fingerprint density at radius 2 is 1.65 bits per heavy atom. The van der Waals surface area contributed by atoms with E-state index in [1.165, 1.54) is 17.2 Å². The summed E-state index contributed by atoms with van der Waals surface area (Å²) in [5.74, 6) is 0.190. The molecule has 4 heteroatoms. The molecular weight excluding hydrogens is 219 g/mol. The van der Waals surface area contributed by atoms with Gasteiger partial charge in [-0.1, -0.05) is 0 Å². The molecule has 0 spiro atoms. The molecule has 1 aliphatic rings. The minimum Gasteiger partial charge on any atom is -0.286 e. The van der Waals surface area contributed by atoms with Crippen LogP contribution in [-0.4, -0.2) is 27.2 Å². The van der Waals surface area contributed by atoms with E-state index in [1.54, 1.807) is 12.1 Å². The molecule has 0 bridgehead atoms. The summed E-state index contributed by atoms with van der Waals surface area (Å²) in [6.45, 7) is 7.78. The first kappa shape index (κ1) is 12.0. The summed E-state index contributed by atoms with van der Waals surface area (Å²) in [6, 6.07) is 5.97. The zero-order valence-electron chi connectivity index (χ0n) is 10.5. The monoisotopic (exact) mass is 236 g/mol. The zero-order chi connectivity index (χ0) is 12.8. The third-order valence-electron chi connectivity index (χ3n) is 3.72. The van der Waals surface area contributed by atoms with Crippen LogP contribution in [0.3, 0.4) is 0 Å². The van der Waals surface area contributed by atoms with Gasteiger partial charge in [0.1, 0.15) is 5.82 Å². The third-order valence-corrected chi connectivity index (χ3v) is 3.72. The van der Waals surface area contributed by atoms with Crippen molar-refractivity contribution in [3.63, 3.8) is 0 Å². The normalized spacial score (nSPS) is 21.5. The Hall–Kier alpha value is -1.42. The molecule has 0 aromatic heterocycles. The van der Waals surface area contributed by atoms with E-state index >= 15 is 0 Å². The second-order valence-electron chi connectivity index (χ2n) is 5.37. The summed E-state index contributed by atoms with van der Waals surface area (Å²) >= 11 is 0. The molecule has 2 rings (SSSR count). The summed E-state index contributed by atoms with van der Waals surface area (Å²) in [4.78, 5) is 4.52. The molecule has 0 saturated heterocycles. The van der Waals surface area contributed by atoms with Crippen molar-refractivity contribution in [3.05, 3.63) is 35.6 Å². The van der Waals surface area contributed by atoms with Gasteiger partial charge in [-0.05, 0) is 52.0 Å². The van der Waals surface area contributed by atoms with Gasteiger partial charge in [-0.15, -0.1) is 0 Å². The van der Waals surface area contributed by atoms with Crippen LogP contribution in [0.15, 0.2) is 29.3 Å². The molecule has 0 atom stereocenters. The highest BCUT2D eigenvalue weighted by Gasteiger charge is 2.49. The summed E-state index contributed by atoms with van der Waals surface area (Å²) < 4.78 is 12.9. The van der Waals surface area contributed by atoms with E-state index in [2.05, 4.69) is 4.99 Å². The molecule has 0 fully saturated rings. The van der Waals surface area contributed by atoms with Gasteiger partial charge in [-0.2, -0.15) is 0 Å². The first-order valence-electron chi connectivity index (χ1n) is 5.60. The fourth-order valence-corrected chi connectivity index (χ4v) is 1.76. The Labute approximate surface area is 101 Å². The molecule has 0 amide bonds. The molecule has 1 N–H and O–H groups in total. The Kier molecular flexibility index (Phi) is 2.51. The molecule has 92 valence electrons. The number of benzene rings is 1. The standard InChI is InChI=1S/C13H17FN2O/c1-12(2)13(3,4)16(17)11(15-12)9-5-7-10(14)8-6-9/h5-8,17H,1-4H3. The Morgan fingerprint density at radius 1 is 1.12 bits per heavy atom. The van der Waals surface area contributed by atoms with Crippen LogP contribution in [0.2, 0.25) is 0 Å². The van der Waals surface area contributed by atoms with E-state index in [0.29, 0.717) is 11.4 Å². The zero-order valence-corrected chi connectivity index (χ0v) is 10.5. The van der Waals surface area contributed by atoms with E-state index < -0.39 is 11.1 Å². The number of hydroxylamine groups is 2. The molecule has 0 aliphatic carbocycles. The van der Waals surface area contributed by atoms with Crippen molar-refractivity contribution in [1.29, 1.82) is 0 Å². The SMILES string of the molecule is CC1(C)N=C(c2ccc(F)cc2)N(O)C1(C)C. The smallest absolute Gasteiger partial charge is 0.156 e. The number of nitrogens with zero attached hydrogens (tertiary/aromatic N) is 2. The second-order valence-corrected chi connectivity index (χ2v) is 5.37. The van der Waals surface area contributed by atoms with Gasteiger partial charge in [0.25, 0.3) is 0 Å². The van der Waals surface area contributed by atoms with E-state index in [1.807, 2.05) is 27.7 Å². The highest BCUT2D eigenvalue weighted by molar-refractivity contribution is 6.00. The van der Waals surface area contributed by atoms with Gasteiger partial charge >= 0.3 is 0 Å². The Bertz CT molecular complexity index is 463. The van der Waals surface area contributed by atoms with Gasteiger partial charge in [0.05, 0.1) is 11.1 Å². The van der Waals surface area contributed by atoms with Crippen LogP contribution in [0.25, 0.3) is 0 Å². The maximum absolute atomic E-state index is 12.9. The number of hydrogen-bond acceptors (Lipinski definition) is 3. The summed E-state index contributed by atoms with van der Waals surface area (Å²) in [6.07, 6.45) is 0. The van der Waals surface area contributed by atoms with E-state index in [4.69, 9.17) is 0 Å². The van der Waals surface area contributed by atoms with Gasteiger partial charge in [0.15, 0.2) is 5.84 Å². The maximum atomic E-state index is 12.9. The molecule has 1 aromatic carbocycles. The minimum atomic E-state index is -0.489. The second kappa shape index (κ2) is 3.53. The number of rotatable bonds is 1. The van der Waals surface area contributed by atoms with Crippen LogP contribution in [0.5, 0.6) is 0 Å². The van der Waals surface area contributed by atoms with Gasteiger partial charge in [0.2, 0.25) is 0 Å². The molecule has 0 saturated carbocycles. The average Bonchev–Trinajstić information content (AvgIpc) is 2.40. The van der Waals surface area contributed by atoms with Crippen LogP contribution in [0, 0.1) is 5.82 Å². The van der Waals surface area contributed by atoms with Gasteiger partial charge in [-0.3, -0.25) is 10.2 Å². The van der Waals surface area contributed by atoms with Crippen LogP contribution in [0.1, 0.15) is 33.3 Å². The number of hydrogen-bond donors (Lipinski definition) is 1. The minimum absolute atomic E-state index is 0.296. The third kappa shape index (κ3) is 1.72. The van der Waals surface area contributed by atoms with Crippen LogP contribution in [-0.2, 0) is 0 Å².